The molecule has 0 radical (unpaired) electrons. The average molecular weight is 487 g/mol. The van der Waals surface area contributed by atoms with Crippen LogP contribution < -0.4 is 5.32 Å². The molecule has 0 saturated carbocycles. The molecule has 1 saturated heterocycles. The summed E-state index contributed by atoms with van der Waals surface area (Å²) < 4.78 is 32.4. The van der Waals surface area contributed by atoms with Crippen LogP contribution in [0.15, 0.2) is 65.6 Å². The number of hydrogen-bond acceptors (Lipinski definition) is 5. The molecule has 0 bridgehead atoms. The third-order valence-electron chi connectivity index (χ3n) is 5.47. The summed E-state index contributed by atoms with van der Waals surface area (Å²) in [6.07, 6.45) is 2.54. The maximum absolute atomic E-state index is 13.0. The number of carbonyl (C=O) groups is 2. The lowest BCUT2D eigenvalue weighted by atomic mass is 10.1. The first-order chi connectivity index (χ1) is 15.8. The van der Waals surface area contributed by atoms with E-state index in [1.807, 2.05) is 36.4 Å². The number of anilines is 1. The van der Waals surface area contributed by atoms with Gasteiger partial charge in [0.25, 0.3) is 5.91 Å². The summed E-state index contributed by atoms with van der Waals surface area (Å²) in [5.74, 6) is -1.32. The van der Waals surface area contributed by atoms with Crippen LogP contribution in [0.4, 0.5) is 5.69 Å². The number of carbonyl (C=O) groups excluding carboxylic acids is 2. The Morgan fingerprint density at radius 2 is 1.67 bits per heavy atom. The molecule has 1 amide bonds. The Morgan fingerprint density at radius 3 is 2.42 bits per heavy atom. The summed E-state index contributed by atoms with van der Waals surface area (Å²) in [5, 5.41) is 4.73. The van der Waals surface area contributed by atoms with Gasteiger partial charge >= 0.3 is 5.97 Å². The number of esters is 1. The van der Waals surface area contributed by atoms with Crippen LogP contribution in [-0.2, 0) is 19.6 Å². The van der Waals surface area contributed by atoms with E-state index in [1.54, 1.807) is 6.07 Å². The first-order valence-electron chi connectivity index (χ1n) is 10.6. The number of nitrogens with one attached hydrogen (secondary N) is 1. The van der Waals surface area contributed by atoms with Crippen LogP contribution in [0.5, 0.6) is 0 Å². The van der Waals surface area contributed by atoms with Gasteiger partial charge in [-0.2, -0.15) is 4.31 Å². The number of amides is 1. The van der Waals surface area contributed by atoms with Gasteiger partial charge in [0.15, 0.2) is 6.61 Å². The van der Waals surface area contributed by atoms with E-state index in [1.165, 1.54) is 22.5 Å². The van der Waals surface area contributed by atoms with Crippen LogP contribution in [0.3, 0.4) is 0 Å². The monoisotopic (exact) mass is 486 g/mol. The van der Waals surface area contributed by atoms with Gasteiger partial charge in [-0.25, -0.2) is 13.2 Å². The lowest BCUT2D eigenvalue weighted by Gasteiger charge is -2.26. The Bertz CT molecular complexity index is 1300. The number of benzene rings is 3. The fourth-order valence-corrected chi connectivity index (χ4v) is 5.77. The number of ether oxygens (including phenoxy) is 1. The summed E-state index contributed by atoms with van der Waals surface area (Å²) in [6.45, 7) is 0.326. The van der Waals surface area contributed by atoms with E-state index in [0.29, 0.717) is 18.8 Å². The van der Waals surface area contributed by atoms with Crippen molar-refractivity contribution in [1.82, 2.24) is 4.31 Å². The number of nitrogens with zero attached hydrogens (tertiary/aromatic N) is 1. The molecule has 0 aliphatic carbocycles. The van der Waals surface area contributed by atoms with Crippen molar-refractivity contribution in [2.45, 2.75) is 24.2 Å². The van der Waals surface area contributed by atoms with Crippen LogP contribution in [0.2, 0.25) is 5.02 Å². The third kappa shape index (κ3) is 5.35. The van der Waals surface area contributed by atoms with Crippen LogP contribution in [0.1, 0.15) is 29.6 Å². The van der Waals surface area contributed by atoms with E-state index in [-0.39, 0.29) is 15.5 Å². The summed E-state index contributed by atoms with van der Waals surface area (Å²) in [7, 11) is -3.82. The fraction of sp³-hybridized carbons (Fsp3) is 0.250. The first kappa shape index (κ1) is 23.2. The van der Waals surface area contributed by atoms with Crippen molar-refractivity contribution in [2.75, 3.05) is 25.0 Å². The number of fused-ring (bicyclic) bond motifs is 1. The number of hydrogen-bond donors (Lipinski definition) is 1. The average Bonchev–Trinajstić information content (AvgIpc) is 2.83. The molecule has 1 fully saturated rings. The summed E-state index contributed by atoms with van der Waals surface area (Å²) in [6, 6.07) is 17.1. The highest BCUT2D eigenvalue weighted by Gasteiger charge is 2.29. The molecule has 4 rings (SSSR count). The molecule has 1 aliphatic heterocycles. The molecule has 9 heteroatoms. The Morgan fingerprint density at radius 1 is 0.939 bits per heavy atom. The van der Waals surface area contributed by atoms with Crippen LogP contribution in [-0.4, -0.2) is 44.3 Å². The second-order valence-electron chi connectivity index (χ2n) is 7.80. The van der Waals surface area contributed by atoms with Crippen molar-refractivity contribution in [3.05, 3.63) is 71.2 Å². The van der Waals surface area contributed by atoms with Gasteiger partial charge in [-0.15, -0.1) is 0 Å². The Balaban J connectivity index is 1.41. The van der Waals surface area contributed by atoms with Gasteiger partial charge < -0.3 is 10.1 Å². The normalized spacial score (nSPS) is 14.7. The zero-order valence-electron chi connectivity index (χ0n) is 17.8. The van der Waals surface area contributed by atoms with Gasteiger partial charge in [-0.3, -0.25) is 4.79 Å². The molecule has 0 atom stereocenters. The van der Waals surface area contributed by atoms with Gasteiger partial charge in [0.2, 0.25) is 10.0 Å². The highest BCUT2D eigenvalue weighted by atomic mass is 35.5. The molecule has 33 heavy (non-hydrogen) atoms. The highest BCUT2D eigenvalue weighted by molar-refractivity contribution is 7.89. The van der Waals surface area contributed by atoms with Crippen LogP contribution in [0.25, 0.3) is 10.8 Å². The van der Waals surface area contributed by atoms with E-state index in [2.05, 4.69) is 5.32 Å². The maximum Gasteiger partial charge on any atom is 0.338 e. The van der Waals surface area contributed by atoms with Crippen molar-refractivity contribution in [3.63, 3.8) is 0 Å². The predicted molar refractivity (Wildman–Crippen MR) is 127 cm³/mol. The molecule has 7 nitrogen and oxygen atoms in total. The molecule has 0 spiro atoms. The van der Waals surface area contributed by atoms with Gasteiger partial charge in [-0.1, -0.05) is 48.4 Å². The van der Waals surface area contributed by atoms with E-state index < -0.39 is 28.5 Å². The van der Waals surface area contributed by atoms with Crippen molar-refractivity contribution in [3.8, 4) is 0 Å². The molecule has 172 valence electrons. The van der Waals surface area contributed by atoms with Gasteiger partial charge in [0, 0.05) is 18.8 Å². The zero-order valence-corrected chi connectivity index (χ0v) is 19.4. The molecule has 0 aromatic heterocycles. The quantitative estimate of drug-likeness (QED) is 0.519. The minimum absolute atomic E-state index is 0.00786. The molecular formula is C24H23ClN2O5S. The smallest absolute Gasteiger partial charge is 0.338 e. The summed E-state index contributed by atoms with van der Waals surface area (Å²) >= 11 is 6.14. The van der Waals surface area contributed by atoms with E-state index in [4.69, 9.17) is 16.3 Å². The topological polar surface area (TPSA) is 92.8 Å². The van der Waals surface area contributed by atoms with Crippen molar-refractivity contribution in [2.24, 2.45) is 0 Å². The lowest BCUT2D eigenvalue weighted by molar-refractivity contribution is -0.119. The third-order valence-corrected chi connectivity index (χ3v) is 7.85. The minimum atomic E-state index is -3.82. The van der Waals surface area contributed by atoms with Gasteiger partial charge in [-0.05, 0) is 53.9 Å². The number of sulfonamides is 1. The number of piperidine rings is 1. The second kappa shape index (κ2) is 9.91. The van der Waals surface area contributed by atoms with E-state index >= 15 is 0 Å². The van der Waals surface area contributed by atoms with Crippen molar-refractivity contribution < 1.29 is 22.7 Å². The largest absolute Gasteiger partial charge is 0.452 e. The Hall–Kier alpha value is -2.94. The van der Waals surface area contributed by atoms with E-state index in [9.17, 15) is 18.0 Å². The molecule has 1 N–H and O–H groups in total. The molecule has 1 aliphatic rings. The Kier molecular flexibility index (Phi) is 6.97. The maximum atomic E-state index is 13.0. The summed E-state index contributed by atoms with van der Waals surface area (Å²) in [4.78, 5) is 24.6. The van der Waals surface area contributed by atoms with Crippen LogP contribution >= 0.6 is 11.6 Å². The molecule has 0 unspecified atom stereocenters. The van der Waals surface area contributed by atoms with E-state index in [0.717, 1.165) is 30.0 Å². The lowest BCUT2D eigenvalue weighted by Crippen LogP contribution is -2.35. The SMILES string of the molecule is O=C(COC(=O)c1ccc(Cl)c(S(=O)(=O)N2CCCCC2)c1)Nc1ccc2ccccc2c1. The van der Waals surface area contributed by atoms with Gasteiger partial charge in [0.05, 0.1) is 10.6 Å². The van der Waals surface area contributed by atoms with Crippen molar-refractivity contribution in [1.29, 1.82) is 0 Å². The highest BCUT2D eigenvalue weighted by Crippen LogP contribution is 2.28. The Labute approximate surface area is 197 Å². The number of halogens is 1. The number of rotatable bonds is 6. The zero-order chi connectivity index (χ0) is 23.4. The second-order valence-corrected chi connectivity index (χ2v) is 10.1. The molecule has 3 aromatic carbocycles. The minimum Gasteiger partial charge on any atom is -0.452 e. The molecular weight excluding hydrogens is 464 g/mol. The molecule has 1 heterocycles. The van der Waals surface area contributed by atoms with Crippen LogP contribution in [0, 0.1) is 0 Å². The summed E-state index contributed by atoms with van der Waals surface area (Å²) in [5.41, 5.74) is 0.588. The molecule has 3 aromatic rings. The predicted octanol–water partition coefficient (Wildman–Crippen LogP) is 4.46. The fourth-order valence-electron chi connectivity index (χ4n) is 3.75. The first-order valence-corrected chi connectivity index (χ1v) is 12.4. The standard InChI is InChI=1S/C24H23ClN2O5S/c25-21-11-9-19(15-22(21)33(30,31)27-12-4-1-5-13-27)24(29)32-16-23(28)26-20-10-8-17-6-2-3-7-18(17)14-20/h2-3,6-11,14-15H,1,4-5,12-13,16H2,(H,26,28). The van der Waals surface area contributed by atoms with Gasteiger partial charge in [0.1, 0.15) is 4.90 Å². The van der Waals surface area contributed by atoms with Crippen molar-refractivity contribution >= 4 is 50.0 Å².